The van der Waals surface area contributed by atoms with Crippen LogP contribution in [0.25, 0.3) is 0 Å². The Morgan fingerprint density at radius 3 is 2.10 bits per heavy atom. The summed E-state index contributed by atoms with van der Waals surface area (Å²) in [5, 5.41) is 4.99. The van der Waals surface area contributed by atoms with Crippen molar-refractivity contribution < 1.29 is 28.7 Å². The molecule has 1 aromatic carbocycles. The lowest BCUT2D eigenvalue weighted by molar-refractivity contribution is -0.153. The molecule has 4 amide bonds. The zero-order valence-corrected chi connectivity index (χ0v) is 17.6. The van der Waals surface area contributed by atoms with E-state index in [2.05, 4.69) is 10.6 Å². The molecule has 1 aliphatic rings. The minimum Gasteiger partial charge on any atom is -0.454 e. The van der Waals surface area contributed by atoms with E-state index in [9.17, 15) is 24.0 Å². The van der Waals surface area contributed by atoms with Crippen LogP contribution in [0.15, 0.2) is 24.3 Å². The molecule has 0 spiro atoms. The molecule has 1 heterocycles. The molecule has 9 heteroatoms. The molecule has 0 radical (unpaired) electrons. The number of rotatable bonds is 9. The van der Waals surface area contributed by atoms with Gasteiger partial charge in [-0.3, -0.25) is 24.1 Å². The quantitative estimate of drug-likeness (QED) is 0.454. The molecule has 2 N–H and O–H groups in total. The number of carbonyl (C=O) groups excluding carboxylic acids is 5. The van der Waals surface area contributed by atoms with Gasteiger partial charge in [0.25, 0.3) is 17.7 Å². The van der Waals surface area contributed by atoms with Crippen molar-refractivity contribution >= 4 is 29.6 Å². The average molecular weight is 417 g/mol. The van der Waals surface area contributed by atoms with Crippen LogP contribution in [0, 0.1) is 5.92 Å². The Hall–Kier alpha value is -3.23. The van der Waals surface area contributed by atoms with Gasteiger partial charge in [0.15, 0.2) is 6.61 Å². The summed E-state index contributed by atoms with van der Waals surface area (Å²) in [6.45, 7) is 6.75. The Kier molecular flexibility index (Phi) is 7.68. The summed E-state index contributed by atoms with van der Waals surface area (Å²) < 4.78 is 5.09. The summed E-state index contributed by atoms with van der Waals surface area (Å²) in [5.41, 5.74) is 0.468. The van der Waals surface area contributed by atoms with E-state index in [0.717, 1.165) is 4.90 Å². The molecule has 0 saturated carbocycles. The number of likely N-dealkylation sites (N-methyl/N-ethyl adjacent to an activating group) is 1. The Labute approximate surface area is 175 Å². The number of hydrogen-bond acceptors (Lipinski definition) is 6. The van der Waals surface area contributed by atoms with Crippen molar-refractivity contribution in [1.29, 1.82) is 0 Å². The van der Waals surface area contributed by atoms with E-state index in [4.69, 9.17) is 4.74 Å². The molecule has 9 nitrogen and oxygen atoms in total. The SMILES string of the molecule is CCNC(=O)[C@@H](C)NC(=O)COC(=O)[C@@H](CC(C)C)N1C(=O)c2ccccc2C1=O. The van der Waals surface area contributed by atoms with Crippen molar-refractivity contribution in [3.05, 3.63) is 35.4 Å². The van der Waals surface area contributed by atoms with Gasteiger partial charge in [0, 0.05) is 6.54 Å². The first-order valence-electron chi connectivity index (χ1n) is 9.87. The lowest BCUT2D eigenvalue weighted by Gasteiger charge is -2.26. The standard InChI is InChI=1S/C21H27N3O6/c1-5-22-18(26)13(4)23-17(25)11-30-21(29)16(10-12(2)3)24-19(27)14-8-6-7-9-15(14)20(24)28/h6-9,12-13,16H,5,10-11H2,1-4H3,(H,22,26)(H,23,25)/t13-,16-/m1/s1. The van der Waals surface area contributed by atoms with Gasteiger partial charge in [-0.2, -0.15) is 0 Å². The number of carbonyl (C=O) groups is 5. The van der Waals surface area contributed by atoms with Crippen LogP contribution in [-0.4, -0.2) is 59.7 Å². The third-order valence-corrected chi connectivity index (χ3v) is 4.57. The zero-order chi connectivity index (χ0) is 22.4. The number of ether oxygens (including phenoxy) is 1. The average Bonchev–Trinajstić information content (AvgIpc) is 2.95. The van der Waals surface area contributed by atoms with E-state index in [1.54, 1.807) is 19.1 Å². The van der Waals surface area contributed by atoms with Crippen molar-refractivity contribution in [3.8, 4) is 0 Å². The molecule has 2 atom stereocenters. The van der Waals surface area contributed by atoms with Crippen LogP contribution in [-0.2, 0) is 19.1 Å². The lowest BCUT2D eigenvalue weighted by Crippen LogP contribution is -2.48. The van der Waals surface area contributed by atoms with Gasteiger partial charge in [-0.15, -0.1) is 0 Å². The fourth-order valence-electron chi connectivity index (χ4n) is 3.15. The second-order valence-corrected chi connectivity index (χ2v) is 7.46. The minimum absolute atomic E-state index is 0.0153. The predicted octanol–water partition coefficient (Wildman–Crippen LogP) is 0.881. The number of fused-ring (bicyclic) bond motifs is 1. The topological polar surface area (TPSA) is 122 Å². The highest BCUT2D eigenvalue weighted by molar-refractivity contribution is 6.22. The van der Waals surface area contributed by atoms with Gasteiger partial charge < -0.3 is 15.4 Å². The number of imide groups is 1. The van der Waals surface area contributed by atoms with E-state index in [1.165, 1.54) is 19.1 Å². The van der Waals surface area contributed by atoms with Crippen molar-refractivity contribution in [2.45, 2.75) is 46.2 Å². The molecular formula is C21H27N3O6. The molecule has 0 aliphatic carbocycles. The number of esters is 1. The molecule has 0 fully saturated rings. The van der Waals surface area contributed by atoms with Crippen molar-refractivity contribution in [1.82, 2.24) is 15.5 Å². The Morgan fingerprint density at radius 1 is 1.03 bits per heavy atom. The number of benzene rings is 1. The second-order valence-electron chi connectivity index (χ2n) is 7.46. The molecule has 0 aromatic heterocycles. The van der Waals surface area contributed by atoms with Crippen LogP contribution in [0.3, 0.4) is 0 Å². The first kappa shape index (κ1) is 23.1. The van der Waals surface area contributed by atoms with Gasteiger partial charge in [0.05, 0.1) is 11.1 Å². The third kappa shape index (κ3) is 5.22. The summed E-state index contributed by atoms with van der Waals surface area (Å²) in [6, 6.07) is 4.41. The molecule has 1 aliphatic heterocycles. The molecule has 0 unspecified atom stereocenters. The third-order valence-electron chi connectivity index (χ3n) is 4.57. The van der Waals surface area contributed by atoms with Crippen LogP contribution in [0.4, 0.5) is 0 Å². The lowest BCUT2D eigenvalue weighted by atomic mass is 10.0. The van der Waals surface area contributed by atoms with Gasteiger partial charge in [0.1, 0.15) is 12.1 Å². The molecule has 0 bridgehead atoms. The number of amides is 4. The Bertz CT molecular complexity index is 816. The molecule has 2 rings (SSSR count). The first-order chi connectivity index (χ1) is 14.2. The fourth-order valence-corrected chi connectivity index (χ4v) is 3.15. The van der Waals surface area contributed by atoms with Crippen LogP contribution in [0.1, 0.15) is 54.8 Å². The van der Waals surface area contributed by atoms with Gasteiger partial charge >= 0.3 is 5.97 Å². The molecule has 162 valence electrons. The minimum atomic E-state index is -1.15. The van der Waals surface area contributed by atoms with Crippen LogP contribution < -0.4 is 10.6 Å². The zero-order valence-electron chi connectivity index (χ0n) is 17.6. The van der Waals surface area contributed by atoms with Gasteiger partial charge in [0.2, 0.25) is 5.91 Å². The van der Waals surface area contributed by atoms with Crippen molar-refractivity contribution in [2.75, 3.05) is 13.2 Å². The van der Waals surface area contributed by atoms with Crippen LogP contribution in [0.2, 0.25) is 0 Å². The van der Waals surface area contributed by atoms with Crippen LogP contribution in [0.5, 0.6) is 0 Å². The van der Waals surface area contributed by atoms with E-state index in [-0.39, 0.29) is 29.4 Å². The molecular weight excluding hydrogens is 390 g/mol. The maximum Gasteiger partial charge on any atom is 0.329 e. The summed E-state index contributed by atoms with van der Waals surface area (Å²) in [6.07, 6.45) is 0.196. The maximum atomic E-state index is 12.7. The predicted molar refractivity (Wildman–Crippen MR) is 107 cm³/mol. The number of hydrogen-bond donors (Lipinski definition) is 2. The van der Waals surface area contributed by atoms with Crippen molar-refractivity contribution in [3.63, 3.8) is 0 Å². The smallest absolute Gasteiger partial charge is 0.329 e. The normalized spacial score (nSPS) is 14.9. The van der Waals surface area contributed by atoms with E-state index < -0.39 is 42.4 Å². The molecule has 30 heavy (non-hydrogen) atoms. The van der Waals surface area contributed by atoms with Crippen molar-refractivity contribution in [2.24, 2.45) is 5.92 Å². The monoisotopic (exact) mass is 417 g/mol. The fraction of sp³-hybridized carbons (Fsp3) is 0.476. The van der Waals surface area contributed by atoms with Gasteiger partial charge in [-0.25, -0.2) is 4.79 Å². The van der Waals surface area contributed by atoms with Gasteiger partial charge in [-0.1, -0.05) is 26.0 Å². The highest BCUT2D eigenvalue weighted by atomic mass is 16.5. The molecule has 1 aromatic rings. The number of nitrogens with one attached hydrogen (secondary N) is 2. The second kappa shape index (κ2) is 10.00. The highest BCUT2D eigenvalue weighted by Gasteiger charge is 2.43. The Morgan fingerprint density at radius 2 is 1.60 bits per heavy atom. The van der Waals surface area contributed by atoms with E-state index in [0.29, 0.717) is 6.54 Å². The molecule has 0 saturated heterocycles. The van der Waals surface area contributed by atoms with Gasteiger partial charge in [-0.05, 0) is 38.3 Å². The first-order valence-corrected chi connectivity index (χ1v) is 9.87. The van der Waals surface area contributed by atoms with E-state index in [1.807, 2.05) is 13.8 Å². The largest absolute Gasteiger partial charge is 0.454 e. The highest BCUT2D eigenvalue weighted by Crippen LogP contribution is 2.27. The number of nitrogens with zero attached hydrogens (tertiary/aromatic N) is 1. The summed E-state index contributed by atoms with van der Waals surface area (Å²) in [4.78, 5) is 62.8. The van der Waals surface area contributed by atoms with E-state index >= 15 is 0 Å². The van der Waals surface area contributed by atoms with Crippen LogP contribution >= 0.6 is 0 Å². The summed E-state index contributed by atoms with van der Waals surface area (Å²) in [5.74, 6) is -3.01. The maximum absolute atomic E-state index is 12.7. The Balaban J connectivity index is 2.06. The summed E-state index contributed by atoms with van der Waals surface area (Å²) >= 11 is 0. The summed E-state index contributed by atoms with van der Waals surface area (Å²) in [7, 11) is 0.